The highest BCUT2D eigenvalue weighted by Crippen LogP contribution is 2.33. The number of piperidine rings is 1. The number of fused-ring (bicyclic) bond motifs is 1. The molecule has 2 fully saturated rings. The molecule has 0 radical (unpaired) electrons. The number of amides is 1. The molecule has 3 rings (SSSR count). The lowest BCUT2D eigenvalue weighted by atomic mass is 9.79. The molecule has 134 valence electrons. The predicted octanol–water partition coefficient (Wildman–Crippen LogP) is 0.410. The average Bonchev–Trinajstić information content (AvgIpc) is 2.99. The number of likely N-dealkylation sites (tertiary alicyclic amines) is 1. The number of aromatic nitrogens is 2. The van der Waals surface area contributed by atoms with Crippen LogP contribution in [0.4, 0.5) is 0 Å². The van der Waals surface area contributed by atoms with Crippen LogP contribution < -0.4 is 5.32 Å². The molecule has 1 N–H and O–H groups in total. The Bertz CT molecular complexity index is 548. The van der Waals surface area contributed by atoms with Crippen LogP contribution in [0.15, 0.2) is 12.4 Å². The van der Waals surface area contributed by atoms with E-state index >= 15 is 0 Å². The second-order valence-corrected chi connectivity index (χ2v) is 6.80. The molecule has 7 nitrogen and oxygen atoms in total. The first-order valence-corrected chi connectivity index (χ1v) is 8.75. The normalized spacial score (nSPS) is 27.7. The molecule has 1 aromatic rings. The smallest absolute Gasteiger partial charge is 0.223 e. The number of carbonyl (C=O) groups is 1. The van der Waals surface area contributed by atoms with E-state index in [9.17, 15) is 4.79 Å². The topological polar surface area (TPSA) is 68.6 Å². The Kier molecular flexibility index (Phi) is 5.86. The molecule has 7 heteroatoms. The Morgan fingerprint density at radius 3 is 3.12 bits per heavy atom. The molecule has 3 heterocycles. The second-order valence-electron chi connectivity index (χ2n) is 6.80. The Hall–Kier alpha value is -1.44. The van der Waals surface area contributed by atoms with Crippen LogP contribution in [0.1, 0.15) is 18.4 Å². The number of hydrogen-bond acceptors (Lipinski definition) is 5. The third kappa shape index (κ3) is 4.15. The molecule has 2 aliphatic rings. The van der Waals surface area contributed by atoms with Crippen molar-refractivity contribution in [2.75, 3.05) is 40.0 Å². The summed E-state index contributed by atoms with van der Waals surface area (Å²) in [5.41, 5.74) is 1.22. The summed E-state index contributed by atoms with van der Waals surface area (Å²) in [6, 6.07) is 0. The molecule has 3 atom stereocenters. The summed E-state index contributed by atoms with van der Waals surface area (Å²) < 4.78 is 12.8. The third-order valence-electron chi connectivity index (χ3n) is 5.06. The molecule has 2 saturated heterocycles. The van der Waals surface area contributed by atoms with Gasteiger partial charge in [0.15, 0.2) is 0 Å². The molecule has 0 spiro atoms. The number of ether oxygens (including phenoxy) is 2. The van der Waals surface area contributed by atoms with Crippen LogP contribution in [0.25, 0.3) is 0 Å². The van der Waals surface area contributed by atoms with Crippen LogP contribution in [0, 0.1) is 11.8 Å². The van der Waals surface area contributed by atoms with Crippen LogP contribution in [0.2, 0.25) is 0 Å². The third-order valence-corrected chi connectivity index (χ3v) is 5.06. The van der Waals surface area contributed by atoms with Crippen molar-refractivity contribution < 1.29 is 14.3 Å². The largest absolute Gasteiger partial charge is 0.383 e. The molecule has 1 aromatic heterocycles. The lowest BCUT2D eigenvalue weighted by Gasteiger charge is -2.44. The molecular formula is C17H28N4O3. The fourth-order valence-electron chi connectivity index (χ4n) is 3.87. The van der Waals surface area contributed by atoms with Crippen molar-refractivity contribution in [3.63, 3.8) is 0 Å². The van der Waals surface area contributed by atoms with Crippen molar-refractivity contribution in [3.8, 4) is 0 Å². The Morgan fingerprint density at radius 2 is 2.38 bits per heavy atom. The summed E-state index contributed by atoms with van der Waals surface area (Å²) in [5.74, 6) is 0.456. The summed E-state index contributed by atoms with van der Waals surface area (Å²) in [5, 5.41) is 7.24. The number of aryl methyl sites for hydroxylation is 1. The van der Waals surface area contributed by atoms with Gasteiger partial charge in [0.2, 0.25) is 5.91 Å². The van der Waals surface area contributed by atoms with Crippen molar-refractivity contribution in [2.45, 2.75) is 25.5 Å². The number of nitrogens with one attached hydrogen (secondary N) is 1. The minimum Gasteiger partial charge on any atom is -0.383 e. The van der Waals surface area contributed by atoms with Crippen LogP contribution >= 0.6 is 0 Å². The molecule has 0 aliphatic carbocycles. The first-order chi connectivity index (χ1) is 11.7. The minimum absolute atomic E-state index is 0.0392. The maximum atomic E-state index is 12.5. The molecule has 2 aliphatic heterocycles. The lowest BCUT2D eigenvalue weighted by molar-refractivity contribution is -0.142. The van der Waals surface area contributed by atoms with E-state index in [1.165, 1.54) is 5.56 Å². The van der Waals surface area contributed by atoms with Crippen molar-refractivity contribution in [1.82, 2.24) is 20.0 Å². The van der Waals surface area contributed by atoms with E-state index in [1.807, 2.05) is 17.9 Å². The van der Waals surface area contributed by atoms with E-state index < -0.39 is 0 Å². The van der Waals surface area contributed by atoms with Gasteiger partial charge in [-0.2, -0.15) is 5.10 Å². The van der Waals surface area contributed by atoms with E-state index in [-0.39, 0.29) is 23.8 Å². The molecule has 0 saturated carbocycles. The number of rotatable bonds is 6. The van der Waals surface area contributed by atoms with Gasteiger partial charge in [-0.05, 0) is 12.8 Å². The van der Waals surface area contributed by atoms with Gasteiger partial charge in [0.1, 0.15) is 0 Å². The molecular weight excluding hydrogens is 308 g/mol. The molecule has 1 amide bonds. The van der Waals surface area contributed by atoms with Crippen molar-refractivity contribution >= 4 is 5.91 Å². The highest BCUT2D eigenvalue weighted by Gasteiger charge is 2.41. The Labute approximate surface area is 143 Å². The highest BCUT2D eigenvalue weighted by atomic mass is 16.5. The van der Waals surface area contributed by atoms with Crippen LogP contribution in [0.3, 0.4) is 0 Å². The first kappa shape index (κ1) is 17.4. The van der Waals surface area contributed by atoms with Crippen molar-refractivity contribution in [3.05, 3.63) is 18.0 Å². The number of carbonyl (C=O) groups excluding carboxylic acids is 1. The number of hydrogen-bond donors (Lipinski definition) is 1. The van der Waals surface area contributed by atoms with Crippen molar-refractivity contribution in [2.24, 2.45) is 18.9 Å². The minimum atomic E-state index is 0.0392. The Balaban J connectivity index is 1.59. The number of nitrogens with zero attached hydrogens (tertiary/aromatic N) is 3. The Morgan fingerprint density at radius 1 is 1.50 bits per heavy atom. The van der Waals surface area contributed by atoms with E-state index in [4.69, 9.17) is 9.47 Å². The average molecular weight is 336 g/mol. The fraction of sp³-hybridized carbons (Fsp3) is 0.765. The van der Waals surface area contributed by atoms with Crippen molar-refractivity contribution in [1.29, 1.82) is 0 Å². The van der Waals surface area contributed by atoms with Crippen LogP contribution in [-0.2, 0) is 27.9 Å². The van der Waals surface area contributed by atoms with Gasteiger partial charge in [-0.1, -0.05) is 0 Å². The summed E-state index contributed by atoms with van der Waals surface area (Å²) in [7, 11) is 3.58. The predicted molar refractivity (Wildman–Crippen MR) is 89.3 cm³/mol. The summed E-state index contributed by atoms with van der Waals surface area (Å²) >= 11 is 0. The zero-order valence-electron chi connectivity index (χ0n) is 14.6. The van der Waals surface area contributed by atoms with Gasteiger partial charge in [-0.25, -0.2) is 0 Å². The van der Waals surface area contributed by atoms with E-state index in [1.54, 1.807) is 7.11 Å². The quantitative estimate of drug-likeness (QED) is 0.762. The second kappa shape index (κ2) is 8.09. The summed E-state index contributed by atoms with van der Waals surface area (Å²) in [6.07, 6.45) is 5.98. The highest BCUT2D eigenvalue weighted by molar-refractivity contribution is 5.79. The van der Waals surface area contributed by atoms with Gasteiger partial charge in [0.25, 0.3) is 0 Å². The van der Waals surface area contributed by atoms with E-state index in [2.05, 4.69) is 21.5 Å². The molecule has 24 heavy (non-hydrogen) atoms. The molecule has 0 aromatic carbocycles. The zero-order valence-corrected chi connectivity index (χ0v) is 14.6. The van der Waals surface area contributed by atoms with Crippen LogP contribution in [0.5, 0.6) is 0 Å². The monoisotopic (exact) mass is 336 g/mol. The maximum Gasteiger partial charge on any atom is 0.223 e. The SMILES string of the molecule is COCCNC(=O)[C@@H]1CCO[C@@H]2CCN(Cc3cnn(C)c3)C[C@H]21. The lowest BCUT2D eigenvalue weighted by Crippen LogP contribution is -2.53. The summed E-state index contributed by atoms with van der Waals surface area (Å²) in [4.78, 5) is 15.0. The summed E-state index contributed by atoms with van der Waals surface area (Å²) in [6.45, 7) is 4.61. The van der Waals surface area contributed by atoms with Gasteiger partial charge in [0.05, 0.1) is 18.9 Å². The zero-order chi connectivity index (χ0) is 16.9. The van der Waals surface area contributed by atoms with E-state index in [0.29, 0.717) is 19.8 Å². The standard InChI is InChI=1S/C17H28N4O3/c1-20-10-13(9-19-20)11-21-6-3-16-15(12-21)14(4-7-24-16)17(22)18-5-8-23-2/h9-10,14-16H,3-8,11-12H2,1-2H3,(H,18,22)/t14-,15+,16-/m1/s1. The fourth-order valence-corrected chi connectivity index (χ4v) is 3.87. The number of methoxy groups -OCH3 is 1. The van der Waals surface area contributed by atoms with Crippen LogP contribution in [-0.4, -0.2) is 66.6 Å². The van der Waals surface area contributed by atoms with Gasteiger partial charge >= 0.3 is 0 Å². The van der Waals surface area contributed by atoms with E-state index in [0.717, 1.165) is 32.5 Å². The molecule has 0 unspecified atom stereocenters. The maximum absolute atomic E-state index is 12.5. The first-order valence-electron chi connectivity index (χ1n) is 8.75. The van der Waals surface area contributed by atoms with Gasteiger partial charge < -0.3 is 14.8 Å². The van der Waals surface area contributed by atoms with Gasteiger partial charge in [-0.15, -0.1) is 0 Å². The van der Waals surface area contributed by atoms with Gasteiger partial charge in [0, 0.05) is 70.5 Å². The molecule has 0 bridgehead atoms. The van der Waals surface area contributed by atoms with Gasteiger partial charge in [-0.3, -0.25) is 14.4 Å².